The van der Waals surface area contributed by atoms with Crippen LogP contribution in [0.3, 0.4) is 0 Å². The zero-order chi connectivity index (χ0) is 16.9. The third-order valence-corrected chi connectivity index (χ3v) is 3.83. The van der Waals surface area contributed by atoms with Gasteiger partial charge in [-0.1, -0.05) is 48.0 Å². The molecule has 0 radical (unpaired) electrons. The van der Waals surface area contributed by atoms with Crippen LogP contribution < -0.4 is 10.6 Å². The molecule has 24 heavy (non-hydrogen) atoms. The molecule has 0 bridgehead atoms. The smallest absolute Gasteiger partial charge is 0.229 e. The highest BCUT2D eigenvalue weighted by molar-refractivity contribution is 5.55. The molecule has 4 heteroatoms. The van der Waals surface area contributed by atoms with Gasteiger partial charge in [0.05, 0.1) is 0 Å². The number of anilines is 3. The second-order valence-electron chi connectivity index (χ2n) is 5.99. The quantitative estimate of drug-likeness (QED) is 0.694. The fraction of sp³-hybridized carbons (Fsp3) is 0.200. The van der Waals surface area contributed by atoms with E-state index < -0.39 is 0 Å². The molecule has 1 atom stereocenters. The number of nitrogens with zero attached hydrogens (tertiary/aromatic N) is 2. The Balaban J connectivity index is 1.77. The van der Waals surface area contributed by atoms with E-state index in [4.69, 9.17) is 0 Å². The SMILES string of the molecule is Cc1ccc(Nc2nc(C)cc(NC(C)c3ccccc3)n2)cc1. The summed E-state index contributed by atoms with van der Waals surface area (Å²) in [6, 6.07) is 20.6. The Bertz CT molecular complexity index is 798. The third kappa shape index (κ3) is 4.10. The lowest BCUT2D eigenvalue weighted by molar-refractivity contribution is 0.871. The maximum atomic E-state index is 4.58. The van der Waals surface area contributed by atoms with Crippen molar-refractivity contribution in [2.45, 2.75) is 26.8 Å². The van der Waals surface area contributed by atoms with E-state index in [1.807, 2.05) is 43.3 Å². The molecule has 3 aromatic rings. The van der Waals surface area contributed by atoms with E-state index in [1.165, 1.54) is 11.1 Å². The van der Waals surface area contributed by atoms with Crippen LogP contribution in [-0.2, 0) is 0 Å². The second kappa shape index (κ2) is 7.13. The number of aryl methyl sites for hydroxylation is 2. The summed E-state index contributed by atoms with van der Waals surface area (Å²) < 4.78 is 0. The number of rotatable bonds is 5. The third-order valence-electron chi connectivity index (χ3n) is 3.83. The summed E-state index contributed by atoms with van der Waals surface area (Å²) in [4.78, 5) is 9.05. The van der Waals surface area contributed by atoms with Crippen molar-refractivity contribution in [3.63, 3.8) is 0 Å². The summed E-state index contributed by atoms with van der Waals surface area (Å²) in [6.07, 6.45) is 0. The normalized spacial score (nSPS) is 11.8. The van der Waals surface area contributed by atoms with Gasteiger partial charge in [0, 0.05) is 23.5 Å². The molecule has 0 saturated carbocycles. The average molecular weight is 318 g/mol. The number of aromatic nitrogens is 2. The minimum absolute atomic E-state index is 0.174. The minimum Gasteiger partial charge on any atom is -0.363 e. The largest absolute Gasteiger partial charge is 0.363 e. The van der Waals surface area contributed by atoms with Crippen LogP contribution in [0.1, 0.15) is 29.8 Å². The zero-order valence-corrected chi connectivity index (χ0v) is 14.2. The van der Waals surface area contributed by atoms with Crippen LogP contribution in [0.2, 0.25) is 0 Å². The van der Waals surface area contributed by atoms with Gasteiger partial charge in [-0.2, -0.15) is 4.98 Å². The monoisotopic (exact) mass is 318 g/mol. The van der Waals surface area contributed by atoms with Crippen molar-refractivity contribution in [1.82, 2.24) is 9.97 Å². The van der Waals surface area contributed by atoms with Crippen molar-refractivity contribution in [3.05, 3.63) is 77.5 Å². The molecule has 0 fully saturated rings. The Morgan fingerprint density at radius 1 is 0.875 bits per heavy atom. The van der Waals surface area contributed by atoms with E-state index in [0.717, 1.165) is 17.2 Å². The first-order valence-electron chi connectivity index (χ1n) is 8.11. The van der Waals surface area contributed by atoms with Gasteiger partial charge >= 0.3 is 0 Å². The van der Waals surface area contributed by atoms with Gasteiger partial charge in [-0.05, 0) is 38.5 Å². The maximum Gasteiger partial charge on any atom is 0.229 e. The molecule has 0 spiro atoms. The molecule has 2 aromatic carbocycles. The molecule has 0 aliphatic heterocycles. The Kier molecular flexibility index (Phi) is 4.75. The molecular weight excluding hydrogens is 296 g/mol. The predicted molar refractivity (Wildman–Crippen MR) is 99.7 cm³/mol. The van der Waals surface area contributed by atoms with Gasteiger partial charge in [-0.3, -0.25) is 0 Å². The Hall–Kier alpha value is -2.88. The highest BCUT2D eigenvalue weighted by Crippen LogP contribution is 2.20. The van der Waals surface area contributed by atoms with Crippen LogP contribution in [-0.4, -0.2) is 9.97 Å². The van der Waals surface area contributed by atoms with Gasteiger partial charge in [0.15, 0.2) is 0 Å². The summed E-state index contributed by atoms with van der Waals surface area (Å²) in [5.41, 5.74) is 4.35. The average Bonchev–Trinajstić information content (AvgIpc) is 2.57. The van der Waals surface area contributed by atoms with E-state index in [2.05, 4.69) is 58.7 Å². The Morgan fingerprint density at radius 3 is 2.29 bits per heavy atom. The summed E-state index contributed by atoms with van der Waals surface area (Å²) in [5, 5.41) is 6.71. The topological polar surface area (TPSA) is 49.8 Å². The molecule has 0 amide bonds. The lowest BCUT2D eigenvalue weighted by Crippen LogP contribution is -2.09. The van der Waals surface area contributed by atoms with Crippen LogP contribution in [0.15, 0.2) is 60.7 Å². The van der Waals surface area contributed by atoms with Gasteiger partial charge in [0.2, 0.25) is 5.95 Å². The van der Waals surface area contributed by atoms with Gasteiger partial charge in [0.25, 0.3) is 0 Å². The van der Waals surface area contributed by atoms with Crippen LogP contribution in [0, 0.1) is 13.8 Å². The summed E-state index contributed by atoms with van der Waals surface area (Å²) in [6.45, 7) is 6.17. The Morgan fingerprint density at radius 2 is 1.58 bits per heavy atom. The summed E-state index contributed by atoms with van der Waals surface area (Å²) >= 11 is 0. The Labute approximate surface area is 143 Å². The lowest BCUT2D eigenvalue weighted by atomic mass is 10.1. The number of nitrogens with one attached hydrogen (secondary N) is 2. The van der Waals surface area contributed by atoms with Crippen LogP contribution in [0.25, 0.3) is 0 Å². The fourth-order valence-corrected chi connectivity index (χ4v) is 2.51. The summed E-state index contributed by atoms with van der Waals surface area (Å²) in [5.74, 6) is 1.41. The predicted octanol–water partition coefficient (Wildman–Crippen LogP) is 5.01. The van der Waals surface area contributed by atoms with E-state index in [9.17, 15) is 0 Å². The molecular formula is C20H22N4. The van der Waals surface area contributed by atoms with E-state index >= 15 is 0 Å². The maximum absolute atomic E-state index is 4.58. The number of benzene rings is 2. The molecule has 0 aliphatic carbocycles. The molecule has 4 nitrogen and oxygen atoms in total. The van der Waals surface area contributed by atoms with E-state index in [1.54, 1.807) is 0 Å². The molecule has 1 aromatic heterocycles. The van der Waals surface area contributed by atoms with Gasteiger partial charge < -0.3 is 10.6 Å². The molecule has 1 heterocycles. The second-order valence-corrected chi connectivity index (χ2v) is 5.99. The number of hydrogen-bond donors (Lipinski definition) is 2. The van der Waals surface area contributed by atoms with Crippen molar-refractivity contribution in [3.8, 4) is 0 Å². The first-order chi connectivity index (χ1) is 11.6. The van der Waals surface area contributed by atoms with Crippen LogP contribution in [0.4, 0.5) is 17.5 Å². The molecule has 3 rings (SSSR count). The molecule has 2 N–H and O–H groups in total. The van der Waals surface area contributed by atoms with Crippen LogP contribution in [0.5, 0.6) is 0 Å². The first kappa shape index (κ1) is 16.0. The summed E-state index contributed by atoms with van der Waals surface area (Å²) in [7, 11) is 0. The molecule has 0 aliphatic rings. The van der Waals surface area contributed by atoms with Crippen LogP contribution >= 0.6 is 0 Å². The van der Waals surface area contributed by atoms with Crippen molar-refractivity contribution < 1.29 is 0 Å². The van der Waals surface area contributed by atoms with E-state index in [0.29, 0.717) is 5.95 Å². The van der Waals surface area contributed by atoms with Gasteiger partial charge in [-0.25, -0.2) is 4.98 Å². The van der Waals surface area contributed by atoms with Gasteiger partial charge in [-0.15, -0.1) is 0 Å². The molecule has 1 unspecified atom stereocenters. The number of hydrogen-bond acceptors (Lipinski definition) is 4. The standard InChI is InChI=1S/C20H22N4/c1-14-9-11-18(12-10-14)23-20-21-15(2)13-19(24-20)22-16(3)17-7-5-4-6-8-17/h4-13,16H,1-3H3,(H2,21,22,23,24). The zero-order valence-electron chi connectivity index (χ0n) is 14.2. The fourth-order valence-electron chi connectivity index (χ4n) is 2.51. The van der Waals surface area contributed by atoms with Crippen molar-refractivity contribution in [2.75, 3.05) is 10.6 Å². The van der Waals surface area contributed by atoms with Crippen molar-refractivity contribution in [1.29, 1.82) is 0 Å². The molecule has 0 saturated heterocycles. The van der Waals surface area contributed by atoms with Gasteiger partial charge in [0.1, 0.15) is 5.82 Å². The highest BCUT2D eigenvalue weighted by atomic mass is 15.1. The lowest BCUT2D eigenvalue weighted by Gasteiger charge is -2.16. The highest BCUT2D eigenvalue weighted by Gasteiger charge is 2.08. The van der Waals surface area contributed by atoms with Crippen molar-refractivity contribution >= 4 is 17.5 Å². The minimum atomic E-state index is 0.174. The van der Waals surface area contributed by atoms with Crippen molar-refractivity contribution in [2.24, 2.45) is 0 Å². The first-order valence-corrected chi connectivity index (χ1v) is 8.11. The molecule has 122 valence electrons. The van der Waals surface area contributed by atoms with E-state index in [-0.39, 0.29) is 6.04 Å².